The number of fused-ring (bicyclic) bond motifs is 1. The van der Waals surface area contributed by atoms with E-state index in [1.54, 1.807) is 12.3 Å². The lowest BCUT2D eigenvalue weighted by Crippen LogP contribution is -2.25. The van der Waals surface area contributed by atoms with Gasteiger partial charge in [-0.05, 0) is 49.6 Å². The van der Waals surface area contributed by atoms with Gasteiger partial charge in [-0.2, -0.15) is 0 Å². The Morgan fingerprint density at radius 2 is 1.67 bits per heavy atom. The number of nitrogens with one attached hydrogen (secondary N) is 1. The van der Waals surface area contributed by atoms with Crippen molar-refractivity contribution < 1.29 is 9.90 Å². The smallest absolute Gasteiger partial charge is 0.255 e. The number of imidazole rings is 1. The summed E-state index contributed by atoms with van der Waals surface area (Å²) < 4.78 is 2.83. The largest absolute Gasteiger partial charge is 0.396 e. The number of aliphatic hydroxyl groups excluding tert-OH is 1. The summed E-state index contributed by atoms with van der Waals surface area (Å²) in [5.74, 6) is -0.235. The van der Waals surface area contributed by atoms with Gasteiger partial charge in [0.1, 0.15) is 0 Å². The van der Waals surface area contributed by atoms with Gasteiger partial charge in [0, 0.05) is 40.0 Å². The molecule has 170 valence electrons. The van der Waals surface area contributed by atoms with Crippen LogP contribution in [0.25, 0.3) is 28.2 Å². The van der Waals surface area contributed by atoms with E-state index in [4.69, 9.17) is 33.3 Å². The topological polar surface area (TPSA) is 66.6 Å². The van der Waals surface area contributed by atoms with Gasteiger partial charge < -0.3 is 10.4 Å². The lowest BCUT2D eigenvalue weighted by atomic mass is 10.0. The van der Waals surface area contributed by atoms with E-state index in [-0.39, 0.29) is 12.5 Å². The van der Waals surface area contributed by atoms with Gasteiger partial charge in [0.15, 0.2) is 5.65 Å². The van der Waals surface area contributed by atoms with Crippen LogP contribution in [0.3, 0.4) is 0 Å². The summed E-state index contributed by atoms with van der Waals surface area (Å²) in [5, 5.41) is 12.9. The Morgan fingerprint density at radius 1 is 0.970 bits per heavy atom. The Labute approximate surface area is 210 Å². The van der Waals surface area contributed by atoms with Crippen LogP contribution in [0.1, 0.15) is 29.6 Å². The molecule has 0 saturated heterocycles. The van der Waals surface area contributed by atoms with E-state index in [9.17, 15) is 4.79 Å². The van der Waals surface area contributed by atoms with Gasteiger partial charge in [-0.15, -0.1) is 0 Å². The number of aromatic nitrogens is 2. The molecule has 0 aliphatic rings. The highest BCUT2D eigenvalue weighted by Gasteiger charge is 2.21. The number of nitrogens with zero attached hydrogens (tertiary/aromatic N) is 2. The number of halogens is 3. The SMILES string of the molecule is O=C(NCCCCCO)c1cc(Cl)cn2c(-c3ccc(Cl)cc3)c(-c3ccc(Br)cc3)nc12. The van der Waals surface area contributed by atoms with Crippen LogP contribution in [0.2, 0.25) is 10.0 Å². The summed E-state index contributed by atoms with van der Waals surface area (Å²) in [4.78, 5) is 17.9. The summed E-state index contributed by atoms with van der Waals surface area (Å²) in [6, 6.07) is 17.0. The number of rotatable bonds is 8. The van der Waals surface area contributed by atoms with Crippen molar-refractivity contribution in [1.29, 1.82) is 0 Å². The Balaban J connectivity index is 1.83. The van der Waals surface area contributed by atoms with Crippen molar-refractivity contribution in [3.05, 3.63) is 80.9 Å². The van der Waals surface area contributed by atoms with Crippen LogP contribution in [-0.4, -0.2) is 33.6 Å². The average Bonchev–Trinajstić information content (AvgIpc) is 3.18. The third-order valence-corrected chi connectivity index (χ3v) is 6.27. The van der Waals surface area contributed by atoms with Crippen LogP contribution >= 0.6 is 39.1 Å². The molecule has 0 aliphatic heterocycles. The Bertz CT molecular complexity index is 1270. The molecule has 2 aromatic carbocycles. The molecule has 0 saturated carbocycles. The fraction of sp³-hybridized carbons (Fsp3) is 0.200. The molecule has 2 N–H and O–H groups in total. The number of carbonyl (C=O) groups excluding carboxylic acids is 1. The van der Waals surface area contributed by atoms with Crippen molar-refractivity contribution in [2.24, 2.45) is 0 Å². The zero-order chi connectivity index (χ0) is 23.4. The fourth-order valence-electron chi connectivity index (χ4n) is 3.68. The molecule has 0 bridgehead atoms. The third kappa shape index (κ3) is 5.41. The summed E-state index contributed by atoms with van der Waals surface area (Å²) in [7, 11) is 0. The van der Waals surface area contributed by atoms with Crippen molar-refractivity contribution in [3.63, 3.8) is 0 Å². The average molecular weight is 547 g/mol. The minimum Gasteiger partial charge on any atom is -0.396 e. The quantitative estimate of drug-likeness (QED) is 0.244. The first-order chi connectivity index (χ1) is 16.0. The second-order valence-electron chi connectivity index (χ2n) is 7.63. The number of benzene rings is 2. The molecule has 0 radical (unpaired) electrons. The van der Waals surface area contributed by atoms with Crippen molar-refractivity contribution >= 4 is 50.7 Å². The first-order valence-electron chi connectivity index (χ1n) is 10.6. The van der Waals surface area contributed by atoms with Gasteiger partial charge in [-0.25, -0.2) is 4.98 Å². The predicted octanol–water partition coefficient (Wildman–Crippen LogP) is 6.63. The molecule has 4 rings (SSSR count). The predicted molar refractivity (Wildman–Crippen MR) is 137 cm³/mol. The van der Waals surface area contributed by atoms with Crippen LogP contribution in [-0.2, 0) is 0 Å². The number of amides is 1. The Morgan fingerprint density at radius 3 is 2.36 bits per heavy atom. The standard InChI is InChI=1S/C25H22BrCl2N3O2/c26-18-8-4-16(5-9-18)22-23(17-6-10-19(27)11-7-17)31-15-20(28)14-21(24(31)30-22)25(33)29-12-2-1-3-13-32/h4-11,14-15,32H,1-3,12-13H2,(H,29,33). The molecule has 0 spiro atoms. The van der Waals surface area contributed by atoms with Crippen LogP contribution < -0.4 is 5.32 Å². The molecule has 2 aromatic heterocycles. The molecule has 5 nitrogen and oxygen atoms in total. The molecule has 0 fully saturated rings. The molecular weight excluding hydrogens is 525 g/mol. The molecule has 33 heavy (non-hydrogen) atoms. The molecule has 4 aromatic rings. The first-order valence-corrected chi connectivity index (χ1v) is 12.2. The molecular formula is C25H22BrCl2N3O2. The maximum atomic E-state index is 13.0. The highest BCUT2D eigenvalue weighted by Crippen LogP contribution is 2.35. The second-order valence-corrected chi connectivity index (χ2v) is 9.42. The fourth-order valence-corrected chi connectivity index (χ4v) is 4.28. The summed E-state index contributed by atoms with van der Waals surface area (Å²) >= 11 is 16.0. The molecule has 0 unspecified atom stereocenters. The zero-order valence-electron chi connectivity index (χ0n) is 17.7. The lowest BCUT2D eigenvalue weighted by molar-refractivity contribution is 0.0954. The van der Waals surface area contributed by atoms with Crippen molar-refractivity contribution in [1.82, 2.24) is 14.7 Å². The first kappa shape index (κ1) is 23.8. The normalized spacial score (nSPS) is 11.2. The van der Waals surface area contributed by atoms with E-state index in [1.807, 2.05) is 52.9 Å². The Hall–Kier alpha value is -2.38. The third-order valence-electron chi connectivity index (χ3n) is 5.29. The maximum Gasteiger partial charge on any atom is 0.255 e. The van der Waals surface area contributed by atoms with Gasteiger partial charge in [-0.3, -0.25) is 9.20 Å². The van der Waals surface area contributed by atoms with Crippen molar-refractivity contribution in [2.45, 2.75) is 19.3 Å². The maximum absolute atomic E-state index is 13.0. The second kappa shape index (κ2) is 10.7. The van der Waals surface area contributed by atoms with Crippen molar-refractivity contribution in [3.8, 4) is 22.5 Å². The van der Waals surface area contributed by atoms with E-state index in [0.717, 1.165) is 46.2 Å². The van der Waals surface area contributed by atoms with Crippen molar-refractivity contribution in [2.75, 3.05) is 13.2 Å². The van der Waals surface area contributed by atoms with Gasteiger partial charge in [0.25, 0.3) is 5.91 Å². The van der Waals surface area contributed by atoms with Gasteiger partial charge in [-0.1, -0.05) is 63.4 Å². The molecule has 1 amide bonds. The van der Waals surface area contributed by atoms with Crippen LogP contribution in [0, 0.1) is 0 Å². The highest BCUT2D eigenvalue weighted by atomic mass is 79.9. The molecule has 0 aliphatic carbocycles. The number of hydrogen-bond donors (Lipinski definition) is 2. The van der Waals surface area contributed by atoms with E-state index in [1.165, 1.54) is 0 Å². The molecule has 8 heteroatoms. The van der Waals surface area contributed by atoms with Gasteiger partial charge >= 0.3 is 0 Å². The monoisotopic (exact) mass is 545 g/mol. The Kier molecular flexibility index (Phi) is 7.71. The van der Waals surface area contributed by atoms with Crippen LogP contribution in [0.15, 0.2) is 65.3 Å². The van der Waals surface area contributed by atoms with Crippen LogP contribution in [0.5, 0.6) is 0 Å². The van der Waals surface area contributed by atoms with Gasteiger partial charge in [0.05, 0.1) is 22.0 Å². The number of unbranched alkanes of at least 4 members (excludes halogenated alkanes) is 2. The number of aliphatic hydroxyl groups is 1. The number of hydrogen-bond acceptors (Lipinski definition) is 3. The minimum atomic E-state index is -0.235. The van der Waals surface area contributed by atoms with E-state index in [2.05, 4.69) is 21.2 Å². The summed E-state index contributed by atoms with van der Waals surface area (Å²) in [6.07, 6.45) is 4.13. The number of carbonyl (C=O) groups is 1. The van der Waals surface area contributed by atoms with E-state index < -0.39 is 0 Å². The summed E-state index contributed by atoms with van der Waals surface area (Å²) in [5.41, 5.74) is 4.31. The zero-order valence-corrected chi connectivity index (χ0v) is 20.8. The summed E-state index contributed by atoms with van der Waals surface area (Å²) in [6.45, 7) is 0.672. The van der Waals surface area contributed by atoms with E-state index in [0.29, 0.717) is 27.8 Å². The minimum absolute atomic E-state index is 0.156. The van der Waals surface area contributed by atoms with Gasteiger partial charge in [0.2, 0.25) is 0 Å². The lowest BCUT2D eigenvalue weighted by Gasteiger charge is -2.09. The number of pyridine rings is 1. The van der Waals surface area contributed by atoms with E-state index >= 15 is 0 Å². The van der Waals surface area contributed by atoms with Crippen LogP contribution in [0.4, 0.5) is 0 Å². The molecule has 2 heterocycles. The highest BCUT2D eigenvalue weighted by molar-refractivity contribution is 9.10. The molecule has 0 atom stereocenters.